The SMILES string of the molecule is CCCCCCCCCCCCCCCCCCCC1N(CCCCCCCC)C=CN1CCCCCCCCCCC. The van der Waals surface area contributed by atoms with Crippen molar-refractivity contribution in [3.8, 4) is 0 Å². The second-order valence-electron chi connectivity index (χ2n) is 14.3. The molecule has 0 spiro atoms. The summed E-state index contributed by atoms with van der Waals surface area (Å²) in [5, 5.41) is 0. The minimum Gasteiger partial charge on any atom is -0.356 e. The Bertz CT molecular complexity index is 558. The van der Waals surface area contributed by atoms with E-state index in [0.29, 0.717) is 6.17 Å². The van der Waals surface area contributed by atoms with Gasteiger partial charge in [0, 0.05) is 25.5 Å². The van der Waals surface area contributed by atoms with E-state index in [-0.39, 0.29) is 0 Å². The van der Waals surface area contributed by atoms with Gasteiger partial charge in [0.05, 0.1) is 0 Å². The van der Waals surface area contributed by atoms with Crippen molar-refractivity contribution < 1.29 is 0 Å². The van der Waals surface area contributed by atoms with Gasteiger partial charge in [0.2, 0.25) is 0 Å². The van der Waals surface area contributed by atoms with Gasteiger partial charge in [-0.25, -0.2) is 0 Å². The van der Waals surface area contributed by atoms with Crippen molar-refractivity contribution in [3.05, 3.63) is 12.4 Å². The van der Waals surface area contributed by atoms with Crippen LogP contribution in [0.2, 0.25) is 0 Å². The Morgan fingerprint density at radius 2 is 0.535 bits per heavy atom. The van der Waals surface area contributed by atoms with Crippen LogP contribution in [-0.4, -0.2) is 29.1 Å². The molecule has 1 atom stereocenters. The van der Waals surface area contributed by atoms with Crippen molar-refractivity contribution in [2.75, 3.05) is 13.1 Å². The van der Waals surface area contributed by atoms with Gasteiger partial charge in [-0.2, -0.15) is 0 Å². The van der Waals surface area contributed by atoms with Crippen molar-refractivity contribution >= 4 is 0 Å². The van der Waals surface area contributed by atoms with E-state index in [0.717, 1.165) is 0 Å². The topological polar surface area (TPSA) is 6.48 Å². The molecule has 0 aromatic carbocycles. The zero-order valence-electron chi connectivity index (χ0n) is 30.4. The molecule has 2 heteroatoms. The average molecular weight is 603 g/mol. The van der Waals surface area contributed by atoms with Crippen molar-refractivity contribution in [3.63, 3.8) is 0 Å². The van der Waals surface area contributed by atoms with E-state index in [1.165, 1.54) is 225 Å². The van der Waals surface area contributed by atoms with Crippen LogP contribution in [0.4, 0.5) is 0 Å². The molecular formula is C41H82N2. The third kappa shape index (κ3) is 25.2. The summed E-state index contributed by atoms with van der Waals surface area (Å²) >= 11 is 0. The third-order valence-corrected chi connectivity index (χ3v) is 10.1. The fraction of sp³-hybridized carbons (Fsp3) is 0.951. The van der Waals surface area contributed by atoms with Gasteiger partial charge in [-0.1, -0.05) is 207 Å². The summed E-state index contributed by atoms with van der Waals surface area (Å²) in [7, 11) is 0. The molecule has 0 bridgehead atoms. The molecule has 43 heavy (non-hydrogen) atoms. The van der Waals surface area contributed by atoms with Crippen LogP contribution in [-0.2, 0) is 0 Å². The quantitative estimate of drug-likeness (QED) is 0.0666. The van der Waals surface area contributed by atoms with E-state index >= 15 is 0 Å². The molecule has 1 aliphatic heterocycles. The summed E-state index contributed by atoms with van der Waals surface area (Å²) in [5.41, 5.74) is 0. The maximum Gasteiger partial charge on any atom is 0.101 e. The van der Waals surface area contributed by atoms with E-state index in [2.05, 4.69) is 43.0 Å². The highest BCUT2D eigenvalue weighted by atomic mass is 15.4. The second kappa shape index (κ2) is 32.7. The highest BCUT2D eigenvalue weighted by Gasteiger charge is 2.24. The van der Waals surface area contributed by atoms with Gasteiger partial charge >= 0.3 is 0 Å². The maximum atomic E-state index is 2.71. The number of hydrogen-bond acceptors (Lipinski definition) is 2. The summed E-state index contributed by atoms with van der Waals surface area (Å²) in [4.78, 5) is 5.42. The molecule has 0 fully saturated rings. The van der Waals surface area contributed by atoms with E-state index in [1.807, 2.05) is 0 Å². The van der Waals surface area contributed by atoms with Crippen LogP contribution in [0.15, 0.2) is 12.4 Å². The molecule has 256 valence electrons. The molecule has 0 aliphatic carbocycles. The lowest BCUT2D eigenvalue weighted by Gasteiger charge is -2.33. The Labute approximate surface area is 273 Å². The number of unbranched alkanes of at least 4 members (excludes halogenated alkanes) is 29. The normalized spacial score (nSPS) is 14.9. The molecular weight excluding hydrogens is 520 g/mol. The van der Waals surface area contributed by atoms with Crippen LogP contribution in [0.5, 0.6) is 0 Å². The van der Waals surface area contributed by atoms with Crippen LogP contribution in [0, 0.1) is 0 Å². The van der Waals surface area contributed by atoms with Gasteiger partial charge in [0.15, 0.2) is 0 Å². The largest absolute Gasteiger partial charge is 0.356 e. The van der Waals surface area contributed by atoms with Gasteiger partial charge in [-0.3, -0.25) is 0 Å². The first-order valence-electron chi connectivity index (χ1n) is 20.5. The first kappa shape index (κ1) is 40.4. The van der Waals surface area contributed by atoms with Gasteiger partial charge in [-0.05, 0) is 25.7 Å². The van der Waals surface area contributed by atoms with E-state index in [4.69, 9.17) is 0 Å². The lowest BCUT2D eigenvalue weighted by molar-refractivity contribution is 0.135. The Kier molecular flexibility index (Phi) is 30.7. The van der Waals surface area contributed by atoms with E-state index in [1.54, 1.807) is 0 Å². The molecule has 1 aliphatic rings. The monoisotopic (exact) mass is 603 g/mol. The smallest absolute Gasteiger partial charge is 0.101 e. The van der Waals surface area contributed by atoms with E-state index < -0.39 is 0 Å². The zero-order chi connectivity index (χ0) is 30.9. The molecule has 2 nitrogen and oxygen atoms in total. The standard InChI is InChI=1S/C41H82N2/c1-4-7-10-13-16-18-19-20-21-22-23-24-25-26-28-30-33-36-41-42(37-34-31-15-12-9-6-3)39-40-43(41)38-35-32-29-27-17-14-11-8-5-2/h39-41H,4-38H2,1-3H3. The molecule has 0 aromatic heterocycles. The van der Waals surface area contributed by atoms with Crippen LogP contribution in [0.1, 0.15) is 233 Å². The minimum atomic E-state index is 0.640. The molecule has 0 radical (unpaired) electrons. The first-order valence-corrected chi connectivity index (χ1v) is 20.5. The molecule has 0 aromatic rings. The van der Waals surface area contributed by atoms with E-state index in [9.17, 15) is 0 Å². The molecule has 1 rings (SSSR count). The Morgan fingerprint density at radius 3 is 0.814 bits per heavy atom. The Morgan fingerprint density at radius 1 is 0.302 bits per heavy atom. The van der Waals surface area contributed by atoms with Gasteiger partial charge < -0.3 is 9.80 Å². The van der Waals surface area contributed by atoms with Crippen LogP contribution < -0.4 is 0 Å². The number of hydrogen-bond donors (Lipinski definition) is 0. The van der Waals surface area contributed by atoms with Crippen LogP contribution in [0.3, 0.4) is 0 Å². The minimum absolute atomic E-state index is 0.640. The van der Waals surface area contributed by atoms with Crippen molar-refractivity contribution in [1.82, 2.24) is 9.80 Å². The molecule has 0 amide bonds. The molecule has 0 N–H and O–H groups in total. The van der Waals surface area contributed by atoms with Crippen LogP contribution >= 0.6 is 0 Å². The van der Waals surface area contributed by atoms with Gasteiger partial charge in [0.1, 0.15) is 6.17 Å². The van der Waals surface area contributed by atoms with Crippen LogP contribution in [0.25, 0.3) is 0 Å². The third-order valence-electron chi connectivity index (χ3n) is 10.1. The lowest BCUT2D eigenvalue weighted by atomic mass is 10.0. The first-order chi connectivity index (χ1) is 21.3. The van der Waals surface area contributed by atoms with Crippen molar-refractivity contribution in [2.45, 2.75) is 239 Å². The Balaban J connectivity index is 2.13. The molecule has 0 saturated heterocycles. The predicted octanol–water partition coefficient (Wildman–Crippen LogP) is 14.3. The Hall–Kier alpha value is -0.660. The molecule has 1 unspecified atom stereocenters. The maximum absolute atomic E-state index is 2.71. The average Bonchev–Trinajstić information content (AvgIpc) is 3.40. The summed E-state index contributed by atoms with van der Waals surface area (Å²) in [6, 6.07) is 0. The summed E-state index contributed by atoms with van der Waals surface area (Å²) in [6.45, 7) is 9.48. The summed E-state index contributed by atoms with van der Waals surface area (Å²) in [5.74, 6) is 0. The number of nitrogens with zero attached hydrogens (tertiary/aromatic N) is 2. The zero-order valence-corrected chi connectivity index (χ0v) is 30.4. The lowest BCUT2D eigenvalue weighted by Crippen LogP contribution is -2.39. The fourth-order valence-electron chi connectivity index (χ4n) is 7.07. The van der Waals surface area contributed by atoms with Gasteiger partial charge in [-0.15, -0.1) is 0 Å². The molecule has 1 heterocycles. The number of rotatable bonds is 35. The van der Waals surface area contributed by atoms with Crippen molar-refractivity contribution in [1.29, 1.82) is 0 Å². The fourth-order valence-corrected chi connectivity index (χ4v) is 7.07. The summed E-state index contributed by atoms with van der Waals surface area (Å²) < 4.78 is 0. The highest BCUT2D eigenvalue weighted by molar-refractivity contribution is 4.97. The second-order valence-corrected chi connectivity index (χ2v) is 14.3. The summed E-state index contributed by atoms with van der Waals surface area (Å²) in [6.07, 6.45) is 52.9. The van der Waals surface area contributed by atoms with Crippen molar-refractivity contribution in [2.24, 2.45) is 0 Å². The predicted molar refractivity (Wildman–Crippen MR) is 196 cm³/mol. The van der Waals surface area contributed by atoms with Gasteiger partial charge in [0.25, 0.3) is 0 Å². The molecule has 0 saturated carbocycles. The highest BCUT2D eigenvalue weighted by Crippen LogP contribution is 2.24.